The van der Waals surface area contributed by atoms with Gasteiger partial charge in [-0.1, -0.05) is 24.3 Å². The van der Waals surface area contributed by atoms with E-state index in [4.69, 9.17) is 11.1 Å². The molecule has 0 saturated heterocycles. The van der Waals surface area contributed by atoms with Crippen LogP contribution >= 0.6 is 0 Å². The highest BCUT2D eigenvalue weighted by atomic mass is 14.9. The lowest BCUT2D eigenvalue weighted by Gasteiger charge is -2.39. The Hall–Kier alpha value is -2.29. The lowest BCUT2D eigenvalue weighted by atomic mass is 9.69. The predicted octanol–water partition coefficient (Wildman–Crippen LogP) is 3.09. The van der Waals surface area contributed by atoms with Gasteiger partial charge in [-0.15, -0.1) is 0 Å². The number of anilines is 1. The van der Waals surface area contributed by atoms with Gasteiger partial charge in [0, 0.05) is 23.7 Å². The summed E-state index contributed by atoms with van der Waals surface area (Å²) in [6.07, 6.45) is 2.39. The Morgan fingerprint density at radius 3 is 2.86 bits per heavy atom. The average molecular weight is 277 g/mol. The molecule has 0 amide bonds. The molecule has 0 aromatic heterocycles. The predicted molar refractivity (Wildman–Crippen MR) is 86.0 cm³/mol. The van der Waals surface area contributed by atoms with Gasteiger partial charge in [0.1, 0.15) is 5.84 Å². The molecule has 1 heterocycles. The van der Waals surface area contributed by atoms with Crippen molar-refractivity contribution in [2.75, 3.05) is 11.9 Å². The van der Waals surface area contributed by atoms with E-state index in [-0.39, 0.29) is 5.84 Å². The number of hydrogen-bond donors (Lipinski definition) is 3. The molecule has 1 aliphatic heterocycles. The minimum atomic E-state index is 0.143. The topological polar surface area (TPSA) is 61.9 Å². The maximum absolute atomic E-state index is 7.69. The molecule has 4 rings (SSSR count). The fourth-order valence-corrected chi connectivity index (χ4v) is 3.86. The third kappa shape index (κ3) is 1.92. The second-order valence-corrected chi connectivity index (χ2v) is 6.07. The Morgan fingerprint density at radius 1 is 1.14 bits per heavy atom. The van der Waals surface area contributed by atoms with Gasteiger partial charge < -0.3 is 11.1 Å². The second kappa shape index (κ2) is 4.62. The smallest absolute Gasteiger partial charge is 0.122 e. The van der Waals surface area contributed by atoms with Gasteiger partial charge in [-0.2, -0.15) is 0 Å². The van der Waals surface area contributed by atoms with Crippen LogP contribution in [0.4, 0.5) is 5.69 Å². The molecule has 1 aliphatic carbocycles. The summed E-state index contributed by atoms with van der Waals surface area (Å²) in [6.45, 7) is 1.03. The minimum absolute atomic E-state index is 0.143. The van der Waals surface area contributed by atoms with Crippen molar-refractivity contribution in [3.05, 3.63) is 64.7 Å². The van der Waals surface area contributed by atoms with Gasteiger partial charge >= 0.3 is 0 Å². The van der Waals surface area contributed by atoms with E-state index < -0.39 is 0 Å². The summed E-state index contributed by atoms with van der Waals surface area (Å²) in [5.74, 6) is 1.21. The van der Waals surface area contributed by atoms with Crippen LogP contribution in [0.15, 0.2) is 42.5 Å². The molecule has 0 saturated carbocycles. The summed E-state index contributed by atoms with van der Waals surface area (Å²) in [5, 5.41) is 11.2. The Kier molecular flexibility index (Phi) is 2.74. The average Bonchev–Trinajstić information content (AvgIpc) is 2.53. The molecule has 4 N–H and O–H groups in total. The lowest BCUT2D eigenvalue weighted by molar-refractivity contribution is 0.419. The first-order chi connectivity index (χ1) is 10.2. The van der Waals surface area contributed by atoms with Crippen LogP contribution in [-0.2, 0) is 6.42 Å². The molecule has 0 fully saturated rings. The normalized spacial score (nSPS) is 22.5. The molecule has 0 spiro atoms. The zero-order valence-corrected chi connectivity index (χ0v) is 11.9. The summed E-state index contributed by atoms with van der Waals surface area (Å²) in [4.78, 5) is 0. The van der Waals surface area contributed by atoms with Crippen LogP contribution < -0.4 is 11.1 Å². The van der Waals surface area contributed by atoms with E-state index in [1.54, 1.807) is 0 Å². The molecule has 0 bridgehead atoms. The monoisotopic (exact) mass is 277 g/mol. The zero-order chi connectivity index (χ0) is 14.4. The summed E-state index contributed by atoms with van der Waals surface area (Å²) >= 11 is 0. The molecule has 106 valence electrons. The van der Waals surface area contributed by atoms with Crippen LogP contribution in [0.5, 0.6) is 0 Å². The van der Waals surface area contributed by atoms with Crippen molar-refractivity contribution in [2.24, 2.45) is 11.7 Å². The van der Waals surface area contributed by atoms with E-state index in [0.717, 1.165) is 12.1 Å². The summed E-state index contributed by atoms with van der Waals surface area (Å²) in [7, 11) is 0. The molecule has 2 aromatic rings. The molecule has 2 aromatic carbocycles. The van der Waals surface area contributed by atoms with Crippen molar-refractivity contribution < 1.29 is 0 Å². The Labute approximate surface area is 124 Å². The maximum Gasteiger partial charge on any atom is 0.122 e. The van der Waals surface area contributed by atoms with E-state index in [9.17, 15) is 0 Å². The standard InChI is InChI=1S/C18H19N3/c19-18(20)12-7-8-16-15(9-12)17-13(10-21-16)6-5-11-3-1-2-4-14(11)17/h1-4,7-9,13,17,21H,5-6,10H2,(H3,19,20). The van der Waals surface area contributed by atoms with Crippen LogP contribution in [0, 0.1) is 11.3 Å². The number of nitrogen functional groups attached to an aromatic ring is 1. The molecular weight excluding hydrogens is 258 g/mol. The molecule has 2 aliphatic rings. The van der Waals surface area contributed by atoms with Crippen molar-refractivity contribution >= 4 is 11.5 Å². The third-order valence-corrected chi connectivity index (χ3v) is 4.90. The quantitative estimate of drug-likeness (QED) is 0.554. The first-order valence-corrected chi connectivity index (χ1v) is 7.54. The second-order valence-electron chi connectivity index (χ2n) is 6.07. The van der Waals surface area contributed by atoms with Crippen molar-refractivity contribution in [2.45, 2.75) is 18.8 Å². The highest BCUT2D eigenvalue weighted by Crippen LogP contribution is 2.46. The number of hydrogen-bond acceptors (Lipinski definition) is 2. The van der Waals surface area contributed by atoms with Crippen LogP contribution in [0.25, 0.3) is 0 Å². The number of benzene rings is 2. The van der Waals surface area contributed by atoms with Gasteiger partial charge in [0.25, 0.3) is 0 Å². The van der Waals surface area contributed by atoms with Crippen molar-refractivity contribution in [1.82, 2.24) is 0 Å². The molecule has 3 heteroatoms. The molecule has 2 unspecified atom stereocenters. The minimum Gasteiger partial charge on any atom is -0.384 e. The van der Waals surface area contributed by atoms with E-state index in [1.807, 2.05) is 6.07 Å². The molecule has 3 nitrogen and oxygen atoms in total. The molecule has 0 radical (unpaired) electrons. The summed E-state index contributed by atoms with van der Waals surface area (Å²) in [5.41, 5.74) is 11.9. The van der Waals surface area contributed by atoms with E-state index in [0.29, 0.717) is 11.8 Å². The Bertz CT molecular complexity index is 720. The fraction of sp³-hybridized carbons (Fsp3) is 0.278. The van der Waals surface area contributed by atoms with Crippen LogP contribution in [-0.4, -0.2) is 12.4 Å². The molecule has 2 atom stereocenters. The first-order valence-electron chi connectivity index (χ1n) is 7.54. The SMILES string of the molecule is N=C(N)c1ccc2c(c1)C1c3ccccc3CCC1CN2. The van der Waals surface area contributed by atoms with Gasteiger partial charge in [0.05, 0.1) is 0 Å². The van der Waals surface area contributed by atoms with Crippen molar-refractivity contribution in [3.8, 4) is 0 Å². The van der Waals surface area contributed by atoms with Gasteiger partial charge in [-0.3, -0.25) is 5.41 Å². The fourth-order valence-electron chi connectivity index (χ4n) is 3.86. The number of aryl methyl sites for hydroxylation is 1. The van der Waals surface area contributed by atoms with E-state index in [2.05, 4.69) is 41.7 Å². The lowest BCUT2D eigenvalue weighted by Crippen LogP contribution is -2.32. The highest BCUT2D eigenvalue weighted by Gasteiger charge is 2.34. The summed E-state index contributed by atoms with van der Waals surface area (Å²) in [6, 6.07) is 14.9. The number of amidine groups is 1. The van der Waals surface area contributed by atoms with Crippen molar-refractivity contribution in [1.29, 1.82) is 5.41 Å². The van der Waals surface area contributed by atoms with Crippen LogP contribution in [0.1, 0.15) is 34.6 Å². The molecular formula is C18H19N3. The molecule has 21 heavy (non-hydrogen) atoms. The van der Waals surface area contributed by atoms with Crippen LogP contribution in [0.2, 0.25) is 0 Å². The number of nitrogens with one attached hydrogen (secondary N) is 2. The van der Waals surface area contributed by atoms with Gasteiger partial charge in [-0.25, -0.2) is 0 Å². The van der Waals surface area contributed by atoms with Crippen molar-refractivity contribution in [3.63, 3.8) is 0 Å². The number of rotatable bonds is 1. The first kappa shape index (κ1) is 12.5. The Morgan fingerprint density at radius 2 is 2.00 bits per heavy atom. The van der Waals surface area contributed by atoms with E-state index >= 15 is 0 Å². The zero-order valence-electron chi connectivity index (χ0n) is 11.9. The van der Waals surface area contributed by atoms with Crippen LogP contribution in [0.3, 0.4) is 0 Å². The Balaban J connectivity index is 1.90. The number of nitrogens with two attached hydrogens (primary N) is 1. The summed E-state index contributed by atoms with van der Waals surface area (Å²) < 4.78 is 0. The van der Waals surface area contributed by atoms with Gasteiger partial charge in [0.15, 0.2) is 0 Å². The largest absolute Gasteiger partial charge is 0.384 e. The maximum atomic E-state index is 7.69. The van der Waals surface area contributed by atoms with Gasteiger partial charge in [0.2, 0.25) is 0 Å². The number of fused-ring (bicyclic) bond motifs is 5. The third-order valence-electron chi connectivity index (χ3n) is 4.90. The van der Waals surface area contributed by atoms with E-state index in [1.165, 1.54) is 35.2 Å². The van der Waals surface area contributed by atoms with Gasteiger partial charge in [-0.05, 0) is 53.6 Å². The highest BCUT2D eigenvalue weighted by molar-refractivity contribution is 5.95.